The van der Waals surface area contributed by atoms with Crippen molar-refractivity contribution in [1.82, 2.24) is 15.5 Å². The molecule has 1 heterocycles. The zero-order chi connectivity index (χ0) is 11.4. The van der Waals surface area contributed by atoms with Crippen LogP contribution in [0.1, 0.15) is 39.0 Å². The molecule has 2 aliphatic rings. The number of piperazine rings is 1. The number of hydrogen-bond acceptors (Lipinski definition) is 2. The van der Waals surface area contributed by atoms with Crippen molar-refractivity contribution in [2.24, 2.45) is 0 Å². The second-order valence-electron chi connectivity index (χ2n) is 5.09. The molecule has 0 aromatic carbocycles. The number of nitrogens with one attached hydrogen (secondary N) is 2. The highest BCUT2D eigenvalue weighted by atomic mass is 16.2. The minimum absolute atomic E-state index is 0.139. The lowest BCUT2D eigenvalue weighted by atomic mass is 9.96. The predicted molar refractivity (Wildman–Crippen MR) is 64.4 cm³/mol. The Hall–Kier alpha value is -0.770. The normalized spacial score (nSPS) is 27.8. The molecule has 0 aromatic rings. The molecular weight excluding hydrogens is 202 g/mol. The van der Waals surface area contributed by atoms with Gasteiger partial charge in [0.15, 0.2) is 0 Å². The van der Waals surface area contributed by atoms with Gasteiger partial charge in [-0.2, -0.15) is 0 Å². The molecule has 2 fully saturated rings. The number of rotatable bonds is 1. The number of urea groups is 1. The summed E-state index contributed by atoms with van der Waals surface area (Å²) in [6, 6.07) is 0.984. The molecule has 1 atom stereocenters. The van der Waals surface area contributed by atoms with E-state index in [4.69, 9.17) is 0 Å². The molecule has 0 bridgehead atoms. The maximum atomic E-state index is 12.0. The molecule has 4 nitrogen and oxygen atoms in total. The smallest absolute Gasteiger partial charge is 0.317 e. The molecule has 0 radical (unpaired) electrons. The molecule has 1 saturated heterocycles. The van der Waals surface area contributed by atoms with Crippen molar-refractivity contribution >= 4 is 6.03 Å². The molecule has 2 rings (SSSR count). The molecule has 0 aromatic heterocycles. The molecule has 2 N–H and O–H groups in total. The van der Waals surface area contributed by atoms with Gasteiger partial charge in [0.25, 0.3) is 0 Å². The summed E-state index contributed by atoms with van der Waals surface area (Å²) in [4.78, 5) is 13.9. The van der Waals surface area contributed by atoms with Crippen LogP contribution in [0.2, 0.25) is 0 Å². The van der Waals surface area contributed by atoms with E-state index in [2.05, 4.69) is 17.6 Å². The lowest BCUT2D eigenvalue weighted by Crippen LogP contribution is -2.55. The van der Waals surface area contributed by atoms with Crippen molar-refractivity contribution in [1.29, 1.82) is 0 Å². The molecule has 1 unspecified atom stereocenters. The van der Waals surface area contributed by atoms with Crippen LogP contribution in [0.4, 0.5) is 4.79 Å². The number of amides is 2. The topological polar surface area (TPSA) is 44.4 Å². The van der Waals surface area contributed by atoms with Crippen molar-refractivity contribution in [2.45, 2.75) is 51.1 Å². The van der Waals surface area contributed by atoms with Gasteiger partial charge in [0, 0.05) is 31.7 Å². The van der Waals surface area contributed by atoms with Crippen LogP contribution in [0.3, 0.4) is 0 Å². The maximum Gasteiger partial charge on any atom is 0.317 e. The van der Waals surface area contributed by atoms with Crippen LogP contribution in [0, 0.1) is 0 Å². The molecule has 92 valence electrons. The Bertz CT molecular complexity index is 238. The zero-order valence-corrected chi connectivity index (χ0v) is 10.2. The van der Waals surface area contributed by atoms with E-state index in [9.17, 15) is 4.79 Å². The van der Waals surface area contributed by atoms with E-state index in [1.165, 1.54) is 19.3 Å². The zero-order valence-electron chi connectivity index (χ0n) is 10.2. The third kappa shape index (κ3) is 3.11. The standard InChI is InChI=1S/C12H23N3O/c1-10-9-15(8-7-13-10)12(16)14-11-5-3-2-4-6-11/h10-11,13H,2-9H2,1H3,(H,14,16). The van der Waals surface area contributed by atoms with Crippen LogP contribution >= 0.6 is 0 Å². The van der Waals surface area contributed by atoms with Gasteiger partial charge in [-0.3, -0.25) is 0 Å². The lowest BCUT2D eigenvalue weighted by Gasteiger charge is -2.34. The van der Waals surface area contributed by atoms with Crippen molar-refractivity contribution < 1.29 is 4.79 Å². The van der Waals surface area contributed by atoms with Gasteiger partial charge in [0.1, 0.15) is 0 Å². The lowest BCUT2D eigenvalue weighted by molar-refractivity contribution is 0.172. The SMILES string of the molecule is CC1CN(C(=O)NC2CCCCC2)CCN1. The summed E-state index contributed by atoms with van der Waals surface area (Å²) in [5, 5.41) is 6.52. The van der Waals surface area contributed by atoms with Crippen molar-refractivity contribution in [2.75, 3.05) is 19.6 Å². The van der Waals surface area contributed by atoms with E-state index in [0.717, 1.165) is 32.5 Å². The Morgan fingerprint density at radius 2 is 2.06 bits per heavy atom. The molecule has 16 heavy (non-hydrogen) atoms. The number of nitrogens with zero attached hydrogens (tertiary/aromatic N) is 1. The third-order valence-electron chi connectivity index (χ3n) is 3.59. The van der Waals surface area contributed by atoms with Gasteiger partial charge in [0.05, 0.1) is 0 Å². The summed E-state index contributed by atoms with van der Waals surface area (Å²) in [6.07, 6.45) is 6.18. The van der Waals surface area contributed by atoms with Crippen LogP contribution in [0.15, 0.2) is 0 Å². The molecule has 0 spiro atoms. The number of carbonyl (C=O) groups excluding carboxylic acids is 1. The van der Waals surface area contributed by atoms with Gasteiger partial charge in [-0.05, 0) is 19.8 Å². The first-order valence-corrected chi connectivity index (χ1v) is 6.54. The average Bonchev–Trinajstić information content (AvgIpc) is 2.30. The monoisotopic (exact) mass is 225 g/mol. The molecule has 1 aliphatic carbocycles. The van der Waals surface area contributed by atoms with Crippen LogP contribution in [0.25, 0.3) is 0 Å². The Kier molecular flexibility index (Phi) is 4.04. The summed E-state index contributed by atoms with van der Waals surface area (Å²) in [5.41, 5.74) is 0. The van der Waals surface area contributed by atoms with Gasteiger partial charge in [-0.1, -0.05) is 19.3 Å². The quantitative estimate of drug-likeness (QED) is 0.707. The Labute approximate surface area is 97.8 Å². The van der Waals surface area contributed by atoms with E-state index in [-0.39, 0.29) is 6.03 Å². The highest BCUT2D eigenvalue weighted by Gasteiger charge is 2.23. The van der Waals surface area contributed by atoms with Crippen LogP contribution < -0.4 is 10.6 Å². The van der Waals surface area contributed by atoms with Crippen molar-refractivity contribution in [3.63, 3.8) is 0 Å². The van der Waals surface area contributed by atoms with Gasteiger partial charge in [0.2, 0.25) is 0 Å². The summed E-state index contributed by atoms with van der Waals surface area (Å²) in [6.45, 7) is 4.71. The second-order valence-corrected chi connectivity index (χ2v) is 5.09. The van der Waals surface area contributed by atoms with E-state index in [0.29, 0.717) is 12.1 Å². The predicted octanol–water partition coefficient (Wildman–Crippen LogP) is 1.32. The van der Waals surface area contributed by atoms with Crippen molar-refractivity contribution in [3.05, 3.63) is 0 Å². The fourth-order valence-electron chi connectivity index (χ4n) is 2.63. The summed E-state index contributed by atoms with van der Waals surface area (Å²) < 4.78 is 0. The maximum absolute atomic E-state index is 12.0. The average molecular weight is 225 g/mol. The van der Waals surface area contributed by atoms with Crippen LogP contribution in [-0.2, 0) is 0 Å². The first-order valence-electron chi connectivity index (χ1n) is 6.54. The van der Waals surface area contributed by atoms with E-state index in [1.54, 1.807) is 0 Å². The van der Waals surface area contributed by atoms with Gasteiger partial charge in [-0.25, -0.2) is 4.79 Å². The fourth-order valence-corrected chi connectivity index (χ4v) is 2.63. The number of carbonyl (C=O) groups is 1. The first-order chi connectivity index (χ1) is 7.75. The molecule has 1 saturated carbocycles. The Balaban J connectivity index is 1.77. The summed E-state index contributed by atoms with van der Waals surface area (Å²) in [7, 11) is 0. The Morgan fingerprint density at radius 3 is 2.75 bits per heavy atom. The Morgan fingerprint density at radius 1 is 1.31 bits per heavy atom. The molecule has 2 amide bonds. The molecule has 4 heteroatoms. The number of hydrogen-bond donors (Lipinski definition) is 2. The minimum Gasteiger partial charge on any atom is -0.335 e. The minimum atomic E-state index is 0.139. The van der Waals surface area contributed by atoms with E-state index in [1.807, 2.05) is 4.90 Å². The van der Waals surface area contributed by atoms with Crippen LogP contribution in [0.5, 0.6) is 0 Å². The highest BCUT2D eigenvalue weighted by molar-refractivity contribution is 5.74. The van der Waals surface area contributed by atoms with Gasteiger partial charge >= 0.3 is 6.03 Å². The summed E-state index contributed by atoms with van der Waals surface area (Å²) in [5.74, 6) is 0. The van der Waals surface area contributed by atoms with Crippen LogP contribution in [-0.4, -0.2) is 42.6 Å². The first kappa shape index (κ1) is 11.7. The van der Waals surface area contributed by atoms with Gasteiger partial charge < -0.3 is 15.5 Å². The molecule has 1 aliphatic heterocycles. The molecular formula is C12H23N3O. The van der Waals surface area contributed by atoms with E-state index < -0.39 is 0 Å². The second kappa shape index (κ2) is 5.53. The fraction of sp³-hybridized carbons (Fsp3) is 0.917. The largest absolute Gasteiger partial charge is 0.335 e. The van der Waals surface area contributed by atoms with Crippen molar-refractivity contribution in [3.8, 4) is 0 Å². The van der Waals surface area contributed by atoms with E-state index >= 15 is 0 Å². The van der Waals surface area contributed by atoms with Gasteiger partial charge in [-0.15, -0.1) is 0 Å². The summed E-state index contributed by atoms with van der Waals surface area (Å²) >= 11 is 0. The third-order valence-corrected chi connectivity index (χ3v) is 3.59. The highest BCUT2D eigenvalue weighted by Crippen LogP contribution is 2.17.